The maximum absolute atomic E-state index is 8.79. The van der Waals surface area contributed by atoms with Gasteiger partial charge in [0.25, 0.3) is 0 Å². The first-order valence-electron chi connectivity index (χ1n) is 6.64. The molecule has 0 amide bonds. The first-order valence-corrected chi connectivity index (χ1v) is 6.64. The van der Waals surface area contributed by atoms with Gasteiger partial charge in [0, 0.05) is 25.7 Å². The lowest BCUT2D eigenvalue weighted by Gasteiger charge is -2.35. The van der Waals surface area contributed by atoms with Crippen molar-refractivity contribution in [2.24, 2.45) is 5.92 Å². The molecule has 2 unspecified atom stereocenters. The predicted octanol–water partition coefficient (Wildman–Crippen LogP) is 2.01. The van der Waals surface area contributed by atoms with Crippen molar-refractivity contribution in [3.8, 4) is 6.07 Å². The number of nitriles is 1. The van der Waals surface area contributed by atoms with Crippen molar-refractivity contribution in [2.75, 3.05) is 19.6 Å². The minimum atomic E-state index is 0.502. The van der Waals surface area contributed by atoms with E-state index in [0.29, 0.717) is 18.5 Å². The van der Waals surface area contributed by atoms with E-state index in [0.717, 1.165) is 19.6 Å². The lowest BCUT2D eigenvalue weighted by atomic mass is 9.96. The molecule has 18 heavy (non-hydrogen) atoms. The van der Waals surface area contributed by atoms with Gasteiger partial charge in [-0.25, -0.2) is 0 Å². The van der Waals surface area contributed by atoms with Gasteiger partial charge in [-0.2, -0.15) is 5.26 Å². The van der Waals surface area contributed by atoms with E-state index in [1.54, 1.807) is 0 Å². The minimum absolute atomic E-state index is 0.502. The summed E-state index contributed by atoms with van der Waals surface area (Å²) in [5, 5.41) is 12.4. The largest absolute Gasteiger partial charge is 0.309 e. The van der Waals surface area contributed by atoms with Crippen LogP contribution in [-0.4, -0.2) is 30.6 Å². The normalized spacial score (nSPS) is 24.7. The van der Waals surface area contributed by atoms with Crippen molar-refractivity contribution >= 4 is 0 Å². The van der Waals surface area contributed by atoms with Crippen molar-refractivity contribution in [3.05, 3.63) is 35.9 Å². The van der Waals surface area contributed by atoms with Crippen molar-refractivity contribution in [3.63, 3.8) is 0 Å². The molecule has 0 aromatic heterocycles. The average Bonchev–Trinajstić information content (AvgIpc) is 2.37. The Morgan fingerprint density at radius 2 is 2.11 bits per heavy atom. The topological polar surface area (TPSA) is 39.1 Å². The van der Waals surface area contributed by atoms with Gasteiger partial charge in [-0.05, 0) is 17.9 Å². The summed E-state index contributed by atoms with van der Waals surface area (Å²) in [5.74, 6) is 0.667. The van der Waals surface area contributed by atoms with Gasteiger partial charge < -0.3 is 5.32 Å². The smallest absolute Gasteiger partial charge is 0.0866 e. The zero-order valence-electron chi connectivity index (χ0n) is 11.0. The lowest BCUT2D eigenvalue weighted by molar-refractivity contribution is 0.164. The van der Waals surface area contributed by atoms with Crippen LogP contribution >= 0.6 is 0 Å². The van der Waals surface area contributed by atoms with E-state index in [1.165, 1.54) is 12.0 Å². The molecule has 2 atom stereocenters. The van der Waals surface area contributed by atoms with E-state index in [1.807, 2.05) is 6.07 Å². The highest BCUT2D eigenvalue weighted by molar-refractivity contribution is 5.14. The molecule has 3 nitrogen and oxygen atoms in total. The molecule has 0 aliphatic carbocycles. The summed E-state index contributed by atoms with van der Waals surface area (Å²) in [6.07, 6.45) is 1.20. The molecule has 96 valence electrons. The Labute approximate surface area is 109 Å². The van der Waals surface area contributed by atoms with Gasteiger partial charge in [0.05, 0.1) is 12.6 Å². The Morgan fingerprint density at radius 1 is 1.33 bits per heavy atom. The van der Waals surface area contributed by atoms with E-state index >= 15 is 0 Å². The second-order valence-electron chi connectivity index (χ2n) is 5.26. The standard InChI is InChI=1S/C15H21N3/c1-13-9-15(12-18(11-13)8-7-16)17-10-14-5-3-2-4-6-14/h2-6,13,15,17H,8-12H2,1H3. The number of rotatable bonds is 4. The summed E-state index contributed by atoms with van der Waals surface area (Å²) in [7, 11) is 0. The Balaban J connectivity index is 1.83. The number of piperidine rings is 1. The number of likely N-dealkylation sites (tertiary alicyclic amines) is 1. The molecule has 2 rings (SSSR count). The molecule has 1 N–H and O–H groups in total. The molecule has 1 aromatic carbocycles. The maximum Gasteiger partial charge on any atom is 0.0866 e. The third kappa shape index (κ3) is 3.83. The van der Waals surface area contributed by atoms with Crippen LogP contribution in [0.2, 0.25) is 0 Å². The molecule has 1 aromatic rings. The molecule has 1 aliphatic rings. The van der Waals surface area contributed by atoms with Gasteiger partial charge in [0.15, 0.2) is 0 Å². The average molecular weight is 243 g/mol. The Hall–Kier alpha value is -1.37. The molecule has 1 fully saturated rings. The predicted molar refractivity (Wildman–Crippen MR) is 72.9 cm³/mol. The second kappa shape index (κ2) is 6.53. The van der Waals surface area contributed by atoms with E-state index in [9.17, 15) is 0 Å². The van der Waals surface area contributed by atoms with E-state index in [4.69, 9.17) is 5.26 Å². The fourth-order valence-corrected chi connectivity index (χ4v) is 2.70. The van der Waals surface area contributed by atoms with E-state index in [-0.39, 0.29) is 0 Å². The van der Waals surface area contributed by atoms with Gasteiger partial charge in [-0.15, -0.1) is 0 Å². The van der Waals surface area contributed by atoms with Crippen LogP contribution in [0.15, 0.2) is 30.3 Å². The van der Waals surface area contributed by atoms with Crippen LogP contribution in [0.3, 0.4) is 0 Å². The molecule has 0 saturated carbocycles. The molecular weight excluding hydrogens is 222 g/mol. The highest BCUT2D eigenvalue weighted by atomic mass is 15.2. The summed E-state index contributed by atoms with van der Waals surface area (Å²) >= 11 is 0. The van der Waals surface area contributed by atoms with Crippen LogP contribution in [0.5, 0.6) is 0 Å². The van der Waals surface area contributed by atoms with Crippen LogP contribution in [0, 0.1) is 17.2 Å². The van der Waals surface area contributed by atoms with Gasteiger partial charge in [0.2, 0.25) is 0 Å². The summed E-state index contributed by atoms with van der Waals surface area (Å²) in [6.45, 7) is 5.77. The van der Waals surface area contributed by atoms with Gasteiger partial charge in [-0.1, -0.05) is 37.3 Å². The summed E-state index contributed by atoms with van der Waals surface area (Å²) < 4.78 is 0. The summed E-state index contributed by atoms with van der Waals surface area (Å²) in [6, 6.07) is 13.2. The molecular formula is C15H21N3. The van der Waals surface area contributed by atoms with Gasteiger partial charge in [0.1, 0.15) is 0 Å². The van der Waals surface area contributed by atoms with Crippen LogP contribution < -0.4 is 5.32 Å². The first kappa shape index (κ1) is 13.1. The summed E-state index contributed by atoms with van der Waals surface area (Å²) in [5.41, 5.74) is 1.32. The number of nitrogens with one attached hydrogen (secondary N) is 1. The molecule has 0 spiro atoms. The number of nitrogens with zero attached hydrogens (tertiary/aromatic N) is 2. The van der Waals surface area contributed by atoms with Crippen LogP contribution in [0.4, 0.5) is 0 Å². The molecule has 1 saturated heterocycles. The molecule has 1 aliphatic heterocycles. The van der Waals surface area contributed by atoms with Crippen LogP contribution in [-0.2, 0) is 6.54 Å². The molecule has 3 heteroatoms. The van der Waals surface area contributed by atoms with Crippen molar-refractivity contribution in [1.82, 2.24) is 10.2 Å². The van der Waals surface area contributed by atoms with E-state index < -0.39 is 0 Å². The fourth-order valence-electron chi connectivity index (χ4n) is 2.70. The van der Waals surface area contributed by atoms with Crippen molar-refractivity contribution in [2.45, 2.75) is 25.9 Å². The summed E-state index contributed by atoms with van der Waals surface area (Å²) in [4.78, 5) is 2.25. The first-order chi connectivity index (χ1) is 8.78. The molecule has 1 heterocycles. The van der Waals surface area contributed by atoms with Gasteiger partial charge >= 0.3 is 0 Å². The second-order valence-corrected chi connectivity index (χ2v) is 5.26. The van der Waals surface area contributed by atoms with Crippen molar-refractivity contribution < 1.29 is 0 Å². The monoisotopic (exact) mass is 243 g/mol. The Kier molecular flexibility index (Phi) is 4.74. The highest BCUT2D eigenvalue weighted by Crippen LogP contribution is 2.16. The van der Waals surface area contributed by atoms with Crippen LogP contribution in [0.25, 0.3) is 0 Å². The fraction of sp³-hybridized carbons (Fsp3) is 0.533. The zero-order valence-corrected chi connectivity index (χ0v) is 11.0. The number of hydrogen-bond donors (Lipinski definition) is 1. The van der Waals surface area contributed by atoms with Crippen molar-refractivity contribution in [1.29, 1.82) is 5.26 Å². The molecule has 0 bridgehead atoms. The van der Waals surface area contributed by atoms with Crippen LogP contribution in [0.1, 0.15) is 18.9 Å². The van der Waals surface area contributed by atoms with E-state index in [2.05, 4.69) is 47.5 Å². The third-order valence-electron chi connectivity index (χ3n) is 3.47. The molecule has 0 radical (unpaired) electrons. The zero-order chi connectivity index (χ0) is 12.8. The van der Waals surface area contributed by atoms with Gasteiger partial charge in [-0.3, -0.25) is 4.90 Å². The Bertz CT molecular complexity index is 396. The minimum Gasteiger partial charge on any atom is -0.309 e. The lowest BCUT2D eigenvalue weighted by Crippen LogP contribution is -2.48. The Morgan fingerprint density at radius 3 is 2.83 bits per heavy atom. The third-order valence-corrected chi connectivity index (χ3v) is 3.47. The SMILES string of the molecule is CC1CC(NCc2ccccc2)CN(CC#N)C1. The number of hydrogen-bond acceptors (Lipinski definition) is 3. The maximum atomic E-state index is 8.79. The number of benzene rings is 1. The quantitative estimate of drug-likeness (QED) is 0.822. The highest BCUT2D eigenvalue weighted by Gasteiger charge is 2.23.